The van der Waals surface area contributed by atoms with E-state index in [0.717, 1.165) is 36.6 Å². The lowest BCUT2D eigenvalue weighted by Gasteiger charge is -2.10. The van der Waals surface area contributed by atoms with Gasteiger partial charge in [0.05, 0.1) is 17.6 Å². The quantitative estimate of drug-likeness (QED) is 0.747. The Balaban J connectivity index is 2.32. The Morgan fingerprint density at radius 2 is 1.94 bits per heavy atom. The maximum absolute atomic E-state index is 11.2. The van der Waals surface area contributed by atoms with Gasteiger partial charge < -0.3 is 10.6 Å². The predicted octanol–water partition coefficient (Wildman–Crippen LogP) is 0.547. The van der Waals surface area contributed by atoms with Crippen LogP contribution in [0.2, 0.25) is 0 Å². The number of anilines is 1. The van der Waals surface area contributed by atoms with E-state index in [9.17, 15) is 8.42 Å². The van der Waals surface area contributed by atoms with E-state index in [-0.39, 0.29) is 0 Å². The molecular weight excluding hydrogens is 252 g/mol. The number of hydrogen-bond acceptors (Lipinski definition) is 3. The molecule has 1 aliphatic heterocycles. The number of aliphatic imine (C=N–C) groups is 1. The predicted molar refractivity (Wildman–Crippen MR) is 72.7 cm³/mol. The normalized spacial score (nSPS) is 14.9. The highest BCUT2D eigenvalue weighted by Crippen LogP contribution is 2.26. The molecule has 2 rings (SSSR count). The van der Waals surface area contributed by atoms with Crippen LogP contribution in [0.1, 0.15) is 5.56 Å². The van der Waals surface area contributed by atoms with Gasteiger partial charge in [-0.25, -0.2) is 13.4 Å². The van der Waals surface area contributed by atoms with Gasteiger partial charge in [0.25, 0.3) is 0 Å². The molecule has 1 heterocycles. The van der Waals surface area contributed by atoms with Crippen LogP contribution in [0, 0.1) is 6.92 Å². The molecule has 0 bridgehead atoms. The Hall–Kier alpha value is -1.76. The summed E-state index contributed by atoms with van der Waals surface area (Å²) < 4.78 is 25.0. The van der Waals surface area contributed by atoms with E-state index in [1.165, 1.54) is 0 Å². The highest BCUT2D eigenvalue weighted by molar-refractivity contribution is 7.92. The highest BCUT2D eigenvalue weighted by atomic mass is 32.2. The average Bonchev–Trinajstić information content (AvgIpc) is 2.75. The smallest absolute Gasteiger partial charge is 0.229 e. The summed E-state index contributed by atoms with van der Waals surface area (Å²) in [5.74, 6) is 0.717. The summed E-state index contributed by atoms with van der Waals surface area (Å²) in [5, 5.41) is 6.20. The SMILES string of the molecule is Cc1c(N=C2NCCN2)cccc1NS(C)(=O)=O. The fourth-order valence-electron chi connectivity index (χ4n) is 1.68. The molecule has 1 aromatic carbocycles. The number of rotatable bonds is 3. The first-order chi connectivity index (χ1) is 8.46. The molecule has 0 radical (unpaired) electrons. The molecule has 0 aromatic heterocycles. The average molecular weight is 268 g/mol. The van der Waals surface area contributed by atoms with Crippen LogP contribution in [-0.2, 0) is 10.0 Å². The first-order valence-corrected chi connectivity index (χ1v) is 7.49. The van der Waals surface area contributed by atoms with E-state index < -0.39 is 10.0 Å². The zero-order valence-electron chi connectivity index (χ0n) is 10.3. The minimum Gasteiger partial charge on any atom is -0.354 e. The fourth-order valence-corrected chi connectivity index (χ4v) is 2.30. The monoisotopic (exact) mass is 268 g/mol. The van der Waals surface area contributed by atoms with Gasteiger partial charge in [-0.2, -0.15) is 0 Å². The molecular formula is C11H16N4O2S. The van der Waals surface area contributed by atoms with Crippen molar-refractivity contribution in [3.63, 3.8) is 0 Å². The Morgan fingerprint density at radius 3 is 2.56 bits per heavy atom. The zero-order valence-corrected chi connectivity index (χ0v) is 11.1. The van der Waals surface area contributed by atoms with Crippen LogP contribution in [0.3, 0.4) is 0 Å². The number of benzene rings is 1. The number of nitrogens with one attached hydrogen (secondary N) is 3. The number of guanidine groups is 1. The molecule has 0 saturated carbocycles. The largest absolute Gasteiger partial charge is 0.354 e. The third kappa shape index (κ3) is 3.13. The van der Waals surface area contributed by atoms with E-state index >= 15 is 0 Å². The summed E-state index contributed by atoms with van der Waals surface area (Å²) >= 11 is 0. The van der Waals surface area contributed by atoms with Gasteiger partial charge >= 0.3 is 0 Å². The van der Waals surface area contributed by atoms with Crippen LogP contribution < -0.4 is 15.4 Å². The van der Waals surface area contributed by atoms with E-state index in [1.54, 1.807) is 12.1 Å². The lowest BCUT2D eigenvalue weighted by molar-refractivity contribution is 0.607. The van der Waals surface area contributed by atoms with E-state index in [1.807, 2.05) is 13.0 Å². The molecule has 0 atom stereocenters. The van der Waals surface area contributed by atoms with Crippen molar-refractivity contribution in [1.29, 1.82) is 0 Å². The third-order valence-electron chi connectivity index (χ3n) is 2.54. The van der Waals surface area contributed by atoms with E-state index in [4.69, 9.17) is 0 Å². The Morgan fingerprint density at radius 1 is 1.28 bits per heavy atom. The molecule has 98 valence electrons. The highest BCUT2D eigenvalue weighted by Gasteiger charge is 2.10. The summed E-state index contributed by atoms with van der Waals surface area (Å²) in [6.07, 6.45) is 1.13. The first-order valence-electron chi connectivity index (χ1n) is 5.59. The summed E-state index contributed by atoms with van der Waals surface area (Å²) in [4.78, 5) is 4.41. The van der Waals surface area contributed by atoms with Crippen molar-refractivity contribution in [3.05, 3.63) is 23.8 Å². The summed E-state index contributed by atoms with van der Waals surface area (Å²) in [6, 6.07) is 5.34. The summed E-state index contributed by atoms with van der Waals surface area (Å²) in [6.45, 7) is 3.53. The molecule has 0 unspecified atom stereocenters. The Kier molecular flexibility index (Phi) is 3.42. The molecule has 3 N–H and O–H groups in total. The number of sulfonamides is 1. The molecule has 7 heteroatoms. The van der Waals surface area contributed by atoms with E-state index in [2.05, 4.69) is 20.3 Å². The zero-order chi connectivity index (χ0) is 13.2. The first kappa shape index (κ1) is 12.7. The van der Waals surface area contributed by atoms with Crippen LogP contribution >= 0.6 is 0 Å². The summed E-state index contributed by atoms with van der Waals surface area (Å²) in [7, 11) is -3.27. The molecule has 0 amide bonds. The van der Waals surface area contributed by atoms with Crippen LogP contribution in [-0.4, -0.2) is 33.7 Å². The van der Waals surface area contributed by atoms with Gasteiger partial charge in [0.15, 0.2) is 5.96 Å². The maximum atomic E-state index is 11.2. The van der Waals surface area contributed by atoms with Crippen molar-refractivity contribution in [3.8, 4) is 0 Å². The number of nitrogens with zero attached hydrogens (tertiary/aromatic N) is 1. The maximum Gasteiger partial charge on any atom is 0.229 e. The fraction of sp³-hybridized carbons (Fsp3) is 0.364. The van der Waals surface area contributed by atoms with Crippen molar-refractivity contribution < 1.29 is 8.42 Å². The van der Waals surface area contributed by atoms with Crippen LogP contribution in [0.4, 0.5) is 11.4 Å². The van der Waals surface area contributed by atoms with Gasteiger partial charge in [0, 0.05) is 13.1 Å². The molecule has 0 aliphatic carbocycles. The molecule has 1 saturated heterocycles. The van der Waals surface area contributed by atoms with Gasteiger partial charge in [-0.1, -0.05) is 6.07 Å². The van der Waals surface area contributed by atoms with E-state index in [0.29, 0.717) is 5.69 Å². The lowest BCUT2D eigenvalue weighted by atomic mass is 10.1. The van der Waals surface area contributed by atoms with Crippen LogP contribution in [0.5, 0.6) is 0 Å². The minimum atomic E-state index is -3.27. The van der Waals surface area contributed by atoms with Gasteiger partial charge in [-0.3, -0.25) is 4.72 Å². The molecule has 1 aliphatic rings. The lowest BCUT2D eigenvalue weighted by Crippen LogP contribution is -2.23. The van der Waals surface area contributed by atoms with Gasteiger partial charge in [-0.05, 0) is 24.6 Å². The molecule has 18 heavy (non-hydrogen) atoms. The second-order valence-corrected chi connectivity index (χ2v) is 5.89. The van der Waals surface area contributed by atoms with Gasteiger partial charge in [0.2, 0.25) is 10.0 Å². The van der Waals surface area contributed by atoms with Crippen molar-refractivity contribution in [1.82, 2.24) is 10.6 Å². The minimum absolute atomic E-state index is 0.553. The van der Waals surface area contributed by atoms with Crippen molar-refractivity contribution in [2.24, 2.45) is 4.99 Å². The molecule has 0 spiro atoms. The standard InChI is InChI=1S/C11H16N4O2S/c1-8-9(14-11-12-6-7-13-11)4-3-5-10(8)15-18(2,16)17/h3-5,15H,6-7H2,1-2H3,(H2,12,13,14). The van der Waals surface area contributed by atoms with Crippen LogP contribution in [0.15, 0.2) is 23.2 Å². The second kappa shape index (κ2) is 4.85. The van der Waals surface area contributed by atoms with Gasteiger partial charge in [0.1, 0.15) is 0 Å². The third-order valence-corrected chi connectivity index (χ3v) is 3.13. The second-order valence-electron chi connectivity index (χ2n) is 4.14. The van der Waals surface area contributed by atoms with Crippen LogP contribution in [0.25, 0.3) is 0 Å². The van der Waals surface area contributed by atoms with Gasteiger partial charge in [-0.15, -0.1) is 0 Å². The van der Waals surface area contributed by atoms with Crippen molar-refractivity contribution in [2.45, 2.75) is 6.92 Å². The summed E-state index contributed by atoms with van der Waals surface area (Å²) in [5.41, 5.74) is 2.09. The molecule has 1 aromatic rings. The molecule has 6 nitrogen and oxygen atoms in total. The Bertz CT molecular complexity index is 573. The topological polar surface area (TPSA) is 82.6 Å². The van der Waals surface area contributed by atoms with Crippen molar-refractivity contribution in [2.75, 3.05) is 24.1 Å². The Labute approximate surface area is 107 Å². The molecule has 1 fully saturated rings. The van der Waals surface area contributed by atoms with Crippen molar-refractivity contribution >= 4 is 27.4 Å². The number of hydrogen-bond donors (Lipinski definition) is 3.